The number of thiazole rings is 1. The van der Waals surface area contributed by atoms with Gasteiger partial charge in [0, 0.05) is 24.4 Å². The van der Waals surface area contributed by atoms with E-state index in [2.05, 4.69) is 4.98 Å². The summed E-state index contributed by atoms with van der Waals surface area (Å²) in [6.07, 6.45) is -0.0226. The summed E-state index contributed by atoms with van der Waals surface area (Å²) in [6, 6.07) is 2.68. The Morgan fingerprint density at radius 3 is 2.45 bits per heavy atom. The van der Waals surface area contributed by atoms with Crippen molar-refractivity contribution in [3.63, 3.8) is 0 Å². The molecule has 0 saturated carbocycles. The summed E-state index contributed by atoms with van der Waals surface area (Å²) >= 11 is 1.31. The largest absolute Gasteiger partial charge is 0.481 e. The average molecular weight is 298 g/mol. The van der Waals surface area contributed by atoms with Gasteiger partial charge in [0.2, 0.25) is 0 Å². The second kappa shape index (κ2) is 5.64. The lowest BCUT2D eigenvalue weighted by Crippen LogP contribution is -2.45. The lowest BCUT2D eigenvalue weighted by atomic mass is 9.76. The Bertz CT molecular complexity index is 599. The van der Waals surface area contributed by atoms with E-state index in [4.69, 9.17) is 5.73 Å². The molecule has 0 spiro atoms. The number of benzene rings is 1. The number of carbonyl (C=O) groups is 1. The van der Waals surface area contributed by atoms with Gasteiger partial charge in [0.15, 0.2) is 0 Å². The molecule has 7 heteroatoms. The van der Waals surface area contributed by atoms with Crippen LogP contribution < -0.4 is 5.73 Å². The third kappa shape index (κ3) is 2.68. The number of halogens is 2. The quantitative estimate of drug-likeness (QED) is 0.884. The minimum Gasteiger partial charge on any atom is -0.481 e. The predicted molar refractivity (Wildman–Crippen MR) is 70.5 cm³/mol. The minimum atomic E-state index is -1.60. The topological polar surface area (TPSA) is 76.2 Å². The van der Waals surface area contributed by atoms with Gasteiger partial charge >= 0.3 is 5.97 Å². The van der Waals surface area contributed by atoms with E-state index in [-0.39, 0.29) is 18.5 Å². The van der Waals surface area contributed by atoms with Crippen LogP contribution in [0.5, 0.6) is 0 Å². The lowest BCUT2D eigenvalue weighted by Gasteiger charge is -2.28. The van der Waals surface area contributed by atoms with Crippen molar-refractivity contribution >= 4 is 17.3 Å². The maximum Gasteiger partial charge on any atom is 0.315 e. The Balaban J connectivity index is 2.53. The fraction of sp³-hybridized carbons (Fsp3) is 0.231. The molecule has 0 bridgehead atoms. The van der Waals surface area contributed by atoms with Crippen LogP contribution >= 0.6 is 11.3 Å². The maximum absolute atomic E-state index is 13.3. The zero-order chi connectivity index (χ0) is 14.8. The number of hydrogen-bond donors (Lipinski definition) is 2. The fourth-order valence-corrected chi connectivity index (χ4v) is 2.60. The van der Waals surface area contributed by atoms with Crippen molar-refractivity contribution in [2.24, 2.45) is 5.73 Å². The van der Waals surface area contributed by atoms with Crippen molar-refractivity contribution in [3.8, 4) is 0 Å². The monoisotopic (exact) mass is 298 g/mol. The van der Waals surface area contributed by atoms with E-state index in [1.54, 1.807) is 10.9 Å². The number of carboxylic acids is 1. The number of aromatic nitrogens is 1. The standard InChI is InChI=1S/C13H12F2N2O2S/c14-9-1-8(2-10(15)3-9)13(6-16,12(18)19)4-11-5-20-7-17-11/h1-3,5,7H,4,6,16H2,(H,18,19). The first kappa shape index (κ1) is 14.5. The molecule has 0 fully saturated rings. The van der Waals surface area contributed by atoms with Crippen LogP contribution in [0, 0.1) is 11.6 Å². The Labute approximate surface area is 117 Å². The van der Waals surface area contributed by atoms with Crippen LogP contribution in [0.2, 0.25) is 0 Å². The van der Waals surface area contributed by atoms with E-state index in [0.29, 0.717) is 11.8 Å². The van der Waals surface area contributed by atoms with Crippen molar-refractivity contribution < 1.29 is 18.7 Å². The van der Waals surface area contributed by atoms with Gasteiger partial charge in [0.1, 0.15) is 17.0 Å². The van der Waals surface area contributed by atoms with E-state index >= 15 is 0 Å². The first-order valence-electron chi connectivity index (χ1n) is 5.75. The Hall–Kier alpha value is -1.86. The zero-order valence-corrected chi connectivity index (χ0v) is 11.2. The molecule has 1 aromatic heterocycles. The van der Waals surface area contributed by atoms with Crippen molar-refractivity contribution in [1.29, 1.82) is 0 Å². The molecule has 0 saturated heterocycles. The second-order valence-electron chi connectivity index (χ2n) is 4.41. The zero-order valence-electron chi connectivity index (χ0n) is 10.3. The van der Waals surface area contributed by atoms with E-state index in [1.807, 2.05) is 0 Å². The number of nitrogens with zero attached hydrogens (tertiary/aromatic N) is 1. The first-order valence-corrected chi connectivity index (χ1v) is 6.69. The van der Waals surface area contributed by atoms with Crippen molar-refractivity contribution in [2.75, 3.05) is 6.54 Å². The summed E-state index contributed by atoms with van der Waals surface area (Å²) in [6.45, 7) is -0.289. The van der Waals surface area contributed by atoms with Crippen LogP contribution in [0.25, 0.3) is 0 Å². The van der Waals surface area contributed by atoms with Crippen molar-refractivity contribution in [2.45, 2.75) is 11.8 Å². The number of nitrogens with two attached hydrogens (primary N) is 1. The molecule has 1 aromatic carbocycles. The van der Waals surface area contributed by atoms with Gasteiger partial charge < -0.3 is 10.8 Å². The third-order valence-corrected chi connectivity index (χ3v) is 3.77. The van der Waals surface area contributed by atoms with Gasteiger partial charge in [0.05, 0.1) is 11.2 Å². The summed E-state index contributed by atoms with van der Waals surface area (Å²) in [5.74, 6) is -2.91. The average Bonchev–Trinajstić information content (AvgIpc) is 2.87. The summed E-state index contributed by atoms with van der Waals surface area (Å²) in [5, 5.41) is 11.2. The number of rotatable bonds is 5. The van der Waals surface area contributed by atoms with E-state index < -0.39 is 23.0 Å². The highest BCUT2D eigenvalue weighted by Gasteiger charge is 2.40. The van der Waals surface area contributed by atoms with Crippen molar-refractivity contribution in [3.05, 3.63) is 52.0 Å². The minimum absolute atomic E-state index is 0.00185. The molecule has 1 heterocycles. The van der Waals surface area contributed by atoms with Gasteiger partial charge in [-0.05, 0) is 17.7 Å². The molecule has 1 unspecified atom stereocenters. The molecule has 0 radical (unpaired) electrons. The Morgan fingerprint density at radius 2 is 2.00 bits per heavy atom. The third-order valence-electron chi connectivity index (χ3n) is 3.14. The van der Waals surface area contributed by atoms with Gasteiger partial charge in [-0.2, -0.15) is 0 Å². The van der Waals surface area contributed by atoms with Crippen LogP contribution in [-0.2, 0) is 16.6 Å². The molecular formula is C13H12F2N2O2S. The van der Waals surface area contributed by atoms with Crippen LogP contribution in [0.15, 0.2) is 29.1 Å². The number of hydrogen-bond acceptors (Lipinski definition) is 4. The van der Waals surface area contributed by atoms with Gasteiger partial charge in [-0.3, -0.25) is 4.79 Å². The molecular weight excluding hydrogens is 286 g/mol. The van der Waals surface area contributed by atoms with Crippen LogP contribution in [0.1, 0.15) is 11.3 Å². The Kier molecular flexibility index (Phi) is 4.10. The van der Waals surface area contributed by atoms with Gasteiger partial charge in [-0.15, -0.1) is 11.3 Å². The maximum atomic E-state index is 13.3. The molecule has 0 amide bonds. The summed E-state index contributed by atoms with van der Waals surface area (Å²) in [7, 11) is 0. The molecule has 3 N–H and O–H groups in total. The molecule has 4 nitrogen and oxygen atoms in total. The molecule has 106 valence electrons. The lowest BCUT2D eigenvalue weighted by molar-refractivity contribution is -0.143. The summed E-state index contributed by atoms with van der Waals surface area (Å²) < 4.78 is 26.7. The van der Waals surface area contributed by atoms with Crippen molar-refractivity contribution in [1.82, 2.24) is 4.98 Å². The molecule has 0 aliphatic rings. The Morgan fingerprint density at radius 1 is 1.35 bits per heavy atom. The van der Waals surface area contributed by atoms with E-state index in [0.717, 1.165) is 12.1 Å². The number of carboxylic acid groups (broad SMARTS) is 1. The highest BCUT2D eigenvalue weighted by atomic mass is 32.1. The highest BCUT2D eigenvalue weighted by molar-refractivity contribution is 7.07. The normalized spacial score (nSPS) is 13.9. The second-order valence-corrected chi connectivity index (χ2v) is 5.12. The number of aliphatic carboxylic acids is 1. The van der Waals surface area contributed by atoms with Gasteiger partial charge in [0.25, 0.3) is 0 Å². The van der Waals surface area contributed by atoms with E-state index in [1.165, 1.54) is 11.3 Å². The highest BCUT2D eigenvalue weighted by Crippen LogP contribution is 2.29. The summed E-state index contributed by atoms with van der Waals surface area (Å²) in [4.78, 5) is 15.7. The van der Waals surface area contributed by atoms with Crippen LogP contribution in [0.3, 0.4) is 0 Å². The molecule has 2 aromatic rings. The first-order chi connectivity index (χ1) is 9.48. The fourth-order valence-electron chi connectivity index (χ4n) is 2.04. The molecule has 0 aliphatic carbocycles. The molecule has 0 aliphatic heterocycles. The SMILES string of the molecule is NCC(Cc1cscn1)(C(=O)O)c1cc(F)cc(F)c1. The van der Waals surface area contributed by atoms with Gasteiger partial charge in [-0.25, -0.2) is 13.8 Å². The van der Waals surface area contributed by atoms with Crippen LogP contribution in [0.4, 0.5) is 8.78 Å². The molecule has 2 rings (SSSR count). The molecule has 1 atom stereocenters. The summed E-state index contributed by atoms with van der Waals surface area (Å²) in [5.41, 5.74) is 6.09. The van der Waals surface area contributed by atoms with E-state index in [9.17, 15) is 18.7 Å². The predicted octanol–water partition coefficient (Wildman–Crippen LogP) is 1.95. The smallest absolute Gasteiger partial charge is 0.315 e. The molecule has 20 heavy (non-hydrogen) atoms. The van der Waals surface area contributed by atoms with Crippen LogP contribution in [-0.4, -0.2) is 22.6 Å². The van der Waals surface area contributed by atoms with Gasteiger partial charge in [-0.1, -0.05) is 0 Å².